The van der Waals surface area contributed by atoms with Gasteiger partial charge in [-0.15, -0.1) is 0 Å². The largest absolute Gasteiger partial charge is 0.357 e. The van der Waals surface area contributed by atoms with Crippen LogP contribution in [0.25, 0.3) is 0 Å². The number of aromatic nitrogens is 1. The molecule has 0 aliphatic rings. The number of aryl methyl sites for hydroxylation is 1. The van der Waals surface area contributed by atoms with E-state index in [-0.39, 0.29) is 6.03 Å². The van der Waals surface area contributed by atoms with Crippen molar-refractivity contribution in [2.45, 2.75) is 19.9 Å². The third kappa shape index (κ3) is 3.51. The van der Waals surface area contributed by atoms with Crippen LogP contribution in [0.15, 0.2) is 18.5 Å². The van der Waals surface area contributed by atoms with Crippen LogP contribution in [0.2, 0.25) is 0 Å². The second-order valence-electron chi connectivity index (χ2n) is 3.29. The Morgan fingerprint density at radius 3 is 2.86 bits per heavy atom. The van der Waals surface area contributed by atoms with Gasteiger partial charge < -0.3 is 15.2 Å². The van der Waals surface area contributed by atoms with E-state index in [4.69, 9.17) is 0 Å². The third-order valence-electron chi connectivity index (χ3n) is 1.88. The monoisotopic (exact) mass is 195 g/mol. The quantitative estimate of drug-likeness (QED) is 0.746. The van der Waals surface area contributed by atoms with Gasteiger partial charge in [-0.25, -0.2) is 4.79 Å². The fourth-order valence-electron chi connectivity index (χ4n) is 1.15. The van der Waals surface area contributed by atoms with Crippen molar-refractivity contribution in [1.29, 1.82) is 0 Å². The Morgan fingerprint density at radius 2 is 2.29 bits per heavy atom. The summed E-state index contributed by atoms with van der Waals surface area (Å²) in [5.41, 5.74) is 1.11. The minimum atomic E-state index is -0.101. The number of amides is 2. The molecule has 0 fully saturated rings. The van der Waals surface area contributed by atoms with Gasteiger partial charge in [0, 0.05) is 32.5 Å². The van der Waals surface area contributed by atoms with Crippen LogP contribution in [-0.2, 0) is 13.6 Å². The molecule has 2 amide bonds. The van der Waals surface area contributed by atoms with Crippen LogP contribution in [0.1, 0.15) is 18.9 Å². The van der Waals surface area contributed by atoms with Gasteiger partial charge in [0.2, 0.25) is 0 Å². The van der Waals surface area contributed by atoms with Gasteiger partial charge in [-0.2, -0.15) is 0 Å². The molecule has 0 unspecified atom stereocenters. The Bertz CT molecular complexity index is 293. The summed E-state index contributed by atoms with van der Waals surface area (Å²) in [6, 6.07) is 1.89. The van der Waals surface area contributed by atoms with Crippen LogP contribution in [0.3, 0.4) is 0 Å². The van der Waals surface area contributed by atoms with Gasteiger partial charge in [-0.3, -0.25) is 0 Å². The first kappa shape index (κ1) is 10.6. The molecule has 78 valence electrons. The number of hydrogen-bond donors (Lipinski definition) is 2. The molecule has 2 N–H and O–H groups in total. The highest BCUT2D eigenvalue weighted by atomic mass is 16.2. The van der Waals surface area contributed by atoms with Crippen molar-refractivity contribution in [1.82, 2.24) is 15.2 Å². The number of rotatable bonds is 4. The van der Waals surface area contributed by atoms with Gasteiger partial charge in [-0.1, -0.05) is 6.92 Å². The van der Waals surface area contributed by atoms with E-state index in [2.05, 4.69) is 10.6 Å². The first-order chi connectivity index (χ1) is 6.72. The summed E-state index contributed by atoms with van der Waals surface area (Å²) in [6.45, 7) is 3.33. The van der Waals surface area contributed by atoms with Crippen molar-refractivity contribution >= 4 is 6.03 Å². The zero-order valence-corrected chi connectivity index (χ0v) is 8.71. The smallest absolute Gasteiger partial charge is 0.315 e. The van der Waals surface area contributed by atoms with E-state index in [0.29, 0.717) is 6.54 Å². The lowest BCUT2D eigenvalue weighted by atomic mass is 10.3. The maximum atomic E-state index is 11.2. The maximum Gasteiger partial charge on any atom is 0.315 e. The third-order valence-corrected chi connectivity index (χ3v) is 1.88. The Balaban J connectivity index is 2.23. The van der Waals surface area contributed by atoms with Crippen molar-refractivity contribution in [2.75, 3.05) is 6.54 Å². The van der Waals surface area contributed by atoms with Gasteiger partial charge in [0.15, 0.2) is 0 Å². The molecule has 0 spiro atoms. The van der Waals surface area contributed by atoms with Crippen LogP contribution < -0.4 is 10.6 Å². The molecule has 14 heavy (non-hydrogen) atoms. The van der Waals surface area contributed by atoms with Crippen molar-refractivity contribution in [2.24, 2.45) is 7.05 Å². The van der Waals surface area contributed by atoms with Crippen molar-refractivity contribution in [3.05, 3.63) is 24.0 Å². The average molecular weight is 195 g/mol. The van der Waals surface area contributed by atoms with Crippen LogP contribution in [0, 0.1) is 0 Å². The van der Waals surface area contributed by atoms with Gasteiger partial charge >= 0.3 is 6.03 Å². The SMILES string of the molecule is CCCNC(=O)NCc1ccn(C)c1. The Morgan fingerprint density at radius 1 is 1.50 bits per heavy atom. The molecule has 1 heterocycles. The number of hydrogen-bond acceptors (Lipinski definition) is 1. The lowest BCUT2D eigenvalue weighted by molar-refractivity contribution is 0.240. The van der Waals surface area contributed by atoms with Crippen LogP contribution in [0.5, 0.6) is 0 Å². The fourth-order valence-corrected chi connectivity index (χ4v) is 1.15. The summed E-state index contributed by atoms with van der Waals surface area (Å²) in [6.07, 6.45) is 4.90. The highest BCUT2D eigenvalue weighted by Gasteiger charge is 1.99. The van der Waals surface area contributed by atoms with Gasteiger partial charge in [0.05, 0.1) is 0 Å². The summed E-state index contributed by atoms with van der Waals surface area (Å²) in [5, 5.41) is 5.54. The topological polar surface area (TPSA) is 46.1 Å². The molecule has 0 atom stereocenters. The molecule has 1 rings (SSSR count). The number of carbonyl (C=O) groups excluding carboxylic acids is 1. The van der Waals surface area contributed by atoms with Crippen LogP contribution in [0.4, 0.5) is 4.79 Å². The minimum absolute atomic E-state index is 0.101. The van der Waals surface area contributed by atoms with Crippen LogP contribution >= 0.6 is 0 Å². The molecular formula is C10H17N3O. The normalized spacial score (nSPS) is 9.86. The minimum Gasteiger partial charge on any atom is -0.357 e. The number of urea groups is 1. The second kappa shape index (κ2) is 5.32. The highest BCUT2D eigenvalue weighted by Crippen LogP contribution is 1.97. The van der Waals surface area contributed by atoms with Crippen molar-refractivity contribution < 1.29 is 4.79 Å². The zero-order valence-electron chi connectivity index (χ0n) is 8.71. The first-order valence-corrected chi connectivity index (χ1v) is 4.85. The van der Waals surface area contributed by atoms with Gasteiger partial charge in [0.25, 0.3) is 0 Å². The Hall–Kier alpha value is -1.45. The van der Waals surface area contributed by atoms with Crippen LogP contribution in [-0.4, -0.2) is 17.1 Å². The molecule has 0 aromatic carbocycles. The Labute approximate surface area is 84.3 Å². The lowest BCUT2D eigenvalue weighted by Crippen LogP contribution is -2.35. The molecule has 0 aliphatic carbocycles. The van der Waals surface area contributed by atoms with E-state index in [1.807, 2.05) is 37.0 Å². The maximum absolute atomic E-state index is 11.2. The standard InChI is InChI=1S/C10H17N3O/c1-3-5-11-10(14)12-7-9-4-6-13(2)8-9/h4,6,8H,3,5,7H2,1-2H3,(H2,11,12,14). The van der Waals surface area contributed by atoms with Gasteiger partial charge in [-0.05, 0) is 18.1 Å². The molecule has 1 aromatic heterocycles. The van der Waals surface area contributed by atoms with E-state index < -0.39 is 0 Å². The summed E-state index contributed by atoms with van der Waals surface area (Å²) < 4.78 is 1.96. The Kier molecular flexibility index (Phi) is 4.04. The number of carbonyl (C=O) groups is 1. The molecule has 0 radical (unpaired) electrons. The predicted octanol–water partition coefficient (Wildman–Crippen LogP) is 1.23. The molecule has 4 heteroatoms. The number of nitrogens with zero attached hydrogens (tertiary/aromatic N) is 1. The van der Waals surface area contributed by atoms with E-state index in [1.165, 1.54) is 0 Å². The second-order valence-corrected chi connectivity index (χ2v) is 3.29. The van der Waals surface area contributed by atoms with E-state index in [1.54, 1.807) is 0 Å². The molecule has 0 saturated carbocycles. The summed E-state index contributed by atoms with van der Waals surface area (Å²) in [5.74, 6) is 0. The molecule has 0 bridgehead atoms. The fraction of sp³-hybridized carbons (Fsp3) is 0.500. The summed E-state index contributed by atoms with van der Waals surface area (Å²) >= 11 is 0. The first-order valence-electron chi connectivity index (χ1n) is 4.85. The van der Waals surface area contributed by atoms with Gasteiger partial charge in [0.1, 0.15) is 0 Å². The molecule has 0 saturated heterocycles. The molecule has 0 aliphatic heterocycles. The van der Waals surface area contributed by atoms with E-state index in [0.717, 1.165) is 18.5 Å². The van der Waals surface area contributed by atoms with E-state index >= 15 is 0 Å². The molecular weight excluding hydrogens is 178 g/mol. The van der Waals surface area contributed by atoms with E-state index in [9.17, 15) is 4.79 Å². The summed E-state index contributed by atoms with van der Waals surface area (Å²) in [4.78, 5) is 11.2. The lowest BCUT2D eigenvalue weighted by Gasteiger charge is -2.04. The molecule has 1 aromatic rings. The zero-order chi connectivity index (χ0) is 10.4. The van der Waals surface area contributed by atoms with Crippen molar-refractivity contribution in [3.63, 3.8) is 0 Å². The highest BCUT2D eigenvalue weighted by molar-refractivity contribution is 5.73. The number of nitrogens with one attached hydrogen (secondary N) is 2. The average Bonchev–Trinajstić information content (AvgIpc) is 2.58. The van der Waals surface area contributed by atoms with Crippen molar-refractivity contribution in [3.8, 4) is 0 Å². The molecule has 4 nitrogen and oxygen atoms in total. The summed E-state index contributed by atoms with van der Waals surface area (Å²) in [7, 11) is 1.96. The predicted molar refractivity (Wildman–Crippen MR) is 55.9 cm³/mol.